The highest BCUT2D eigenvalue weighted by Crippen LogP contribution is 2.36. The van der Waals surface area contributed by atoms with Crippen molar-refractivity contribution in [3.8, 4) is 0 Å². The minimum absolute atomic E-state index is 0.225. The highest BCUT2D eigenvalue weighted by molar-refractivity contribution is 6.06. The minimum Gasteiger partial charge on any atom is -0.273 e. The van der Waals surface area contributed by atoms with Gasteiger partial charge in [0.2, 0.25) is 0 Å². The standard InChI is InChI=1S/C11H7N9O2/c1-19-9(21)11(15-17-12,16-18-13)8-14-6-4-2-3-5-7(6)20(8)10(19)22/h2-5H,1H3. The van der Waals surface area contributed by atoms with Crippen LogP contribution in [0.2, 0.25) is 0 Å². The molecule has 1 aromatic carbocycles. The van der Waals surface area contributed by atoms with Crippen LogP contribution in [0.25, 0.3) is 31.9 Å². The Balaban J connectivity index is 2.51. The summed E-state index contributed by atoms with van der Waals surface area (Å²) in [6.45, 7) is 0. The van der Waals surface area contributed by atoms with Crippen molar-refractivity contribution in [3.05, 3.63) is 51.0 Å². The number of fused-ring (bicyclic) bond motifs is 3. The van der Waals surface area contributed by atoms with Crippen molar-refractivity contribution in [1.29, 1.82) is 0 Å². The summed E-state index contributed by atoms with van der Waals surface area (Å²) in [5.74, 6) is -1.19. The predicted octanol–water partition coefficient (Wildman–Crippen LogP) is 2.25. The topological polar surface area (TPSA) is 153 Å². The van der Waals surface area contributed by atoms with Gasteiger partial charge in [0, 0.05) is 16.9 Å². The van der Waals surface area contributed by atoms with Crippen LogP contribution in [-0.2, 0) is 10.5 Å². The van der Waals surface area contributed by atoms with Gasteiger partial charge in [-0.05, 0) is 23.2 Å². The van der Waals surface area contributed by atoms with Crippen molar-refractivity contribution >= 4 is 23.0 Å². The molecule has 0 fully saturated rings. The summed E-state index contributed by atoms with van der Waals surface area (Å²) in [4.78, 5) is 34.8. The molecule has 0 saturated heterocycles. The molecule has 11 heteroatoms. The van der Waals surface area contributed by atoms with Crippen LogP contribution in [0, 0.1) is 0 Å². The Bertz CT molecular complexity index is 899. The molecule has 0 spiro atoms. The molecule has 0 unspecified atom stereocenters. The van der Waals surface area contributed by atoms with E-state index in [-0.39, 0.29) is 5.82 Å². The first kappa shape index (κ1) is 13.4. The van der Waals surface area contributed by atoms with Gasteiger partial charge in [0.15, 0.2) is 0 Å². The molecule has 1 aromatic heterocycles. The van der Waals surface area contributed by atoms with Gasteiger partial charge in [-0.15, -0.1) is 0 Å². The second-order valence-electron chi connectivity index (χ2n) is 4.46. The number of para-hydroxylation sites is 2. The lowest BCUT2D eigenvalue weighted by atomic mass is 10.1. The highest BCUT2D eigenvalue weighted by atomic mass is 16.2. The van der Waals surface area contributed by atoms with Gasteiger partial charge >= 0.3 is 6.03 Å². The molecule has 3 rings (SSSR count). The Morgan fingerprint density at radius 3 is 2.45 bits per heavy atom. The normalized spacial score (nSPS) is 20.3. The van der Waals surface area contributed by atoms with E-state index in [9.17, 15) is 9.59 Å². The van der Waals surface area contributed by atoms with Crippen LogP contribution in [0.3, 0.4) is 0 Å². The van der Waals surface area contributed by atoms with E-state index in [0.29, 0.717) is 11.0 Å². The van der Waals surface area contributed by atoms with Gasteiger partial charge < -0.3 is 0 Å². The van der Waals surface area contributed by atoms with E-state index in [1.165, 1.54) is 7.05 Å². The van der Waals surface area contributed by atoms with E-state index in [1.807, 2.05) is 0 Å². The smallest absolute Gasteiger partial charge is 0.273 e. The number of hydrogen-bond acceptors (Lipinski definition) is 5. The molecule has 2 aromatic rings. The lowest BCUT2D eigenvalue weighted by molar-refractivity contribution is -0.134. The molecule has 2 amide bonds. The molecule has 0 N–H and O–H groups in total. The zero-order valence-electron chi connectivity index (χ0n) is 11.2. The van der Waals surface area contributed by atoms with Crippen molar-refractivity contribution in [1.82, 2.24) is 14.5 Å². The zero-order valence-corrected chi connectivity index (χ0v) is 11.2. The molecular formula is C11H7N9O2. The van der Waals surface area contributed by atoms with Crippen molar-refractivity contribution in [3.63, 3.8) is 0 Å². The molecule has 2 heterocycles. The Kier molecular flexibility index (Phi) is 2.74. The summed E-state index contributed by atoms with van der Waals surface area (Å²) in [6, 6.07) is 5.94. The van der Waals surface area contributed by atoms with Crippen LogP contribution >= 0.6 is 0 Å². The fourth-order valence-corrected chi connectivity index (χ4v) is 2.34. The maximum absolute atomic E-state index is 12.4. The Hall–Kier alpha value is -3.55. The molecule has 11 nitrogen and oxygen atoms in total. The predicted molar refractivity (Wildman–Crippen MR) is 73.3 cm³/mol. The first-order valence-corrected chi connectivity index (χ1v) is 6.00. The first-order chi connectivity index (χ1) is 10.6. The quantitative estimate of drug-likeness (QED) is 0.474. The van der Waals surface area contributed by atoms with Gasteiger partial charge in [0.05, 0.1) is 11.0 Å². The average molecular weight is 297 g/mol. The monoisotopic (exact) mass is 297 g/mol. The number of aromatic nitrogens is 2. The van der Waals surface area contributed by atoms with Crippen LogP contribution < -0.4 is 0 Å². The number of imide groups is 1. The van der Waals surface area contributed by atoms with Crippen molar-refractivity contribution in [2.45, 2.75) is 5.66 Å². The molecule has 22 heavy (non-hydrogen) atoms. The third-order valence-corrected chi connectivity index (χ3v) is 3.33. The van der Waals surface area contributed by atoms with E-state index in [4.69, 9.17) is 11.1 Å². The van der Waals surface area contributed by atoms with Crippen LogP contribution in [0.1, 0.15) is 5.82 Å². The van der Waals surface area contributed by atoms with Gasteiger partial charge in [0.1, 0.15) is 5.82 Å². The molecule has 0 radical (unpaired) electrons. The molecule has 108 valence electrons. The molecule has 1 aliphatic heterocycles. The van der Waals surface area contributed by atoms with Crippen molar-refractivity contribution in [2.75, 3.05) is 7.05 Å². The molecule has 0 atom stereocenters. The van der Waals surface area contributed by atoms with Crippen LogP contribution in [0.15, 0.2) is 34.5 Å². The fourth-order valence-electron chi connectivity index (χ4n) is 2.34. The Morgan fingerprint density at radius 1 is 1.18 bits per heavy atom. The number of carbonyl (C=O) groups is 2. The van der Waals surface area contributed by atoms with Gasteiger partial charge in [-0.3, -0.25) is 9.69 Å². The summed E-state index contributed by atoms with van der Waals surface area (Å²) < 4.78 is 1.10. The van der Waals surface area contributed by atoms with Crippen LogP contribution in [0.4, 0.5) is 4.79 Å². The van der Waals surface area contributed by atoms with E-state index in [0.717, 1.165) is 9.47 Å². The van der Waals surface area contributed by atoms with Gasteiger partial charge in [0.25, 0.3) is 11.6 Å². The number of imidazole rings is 1. The van der Waals surface area contributed by atoms with E-state index in [1.54, 1.807) is 24.3 Å². The fraction of sp³-hybridized carbons (Fsp3) is 0.182. The van der Waals surface area contributed by atoms with Crippen LogP contribution in [0.5, 0.6) is 0 Å². The lowest BCUT2D eigenvalue weighted by Gasteiger charge is -2.32. The summed E-state index contributed by atoms with van der Waals surface area (Å²) in [5.41, 5.74) is 16.1. The second-order valence-corrected chi connectivity index (χ2v) is 4.46. The van der Waals surface area contributed by atoms with E-state index < -0.39 is 17.6 Å². The maximum atomic E-state index is 12.4. The minimum atomic E-state index is -2.27. The third kappa shape index (κ3) is 1.48. The number of carbonyl (C=O) groups excluding carboxylic acids is 2. The summed E-state index contributed by atoms with van der Waals surface area (Å²) in [5, 5.41) is 6.68. The largest absolute Gasteiger partial charge is 0.336 e. The molecule has 1 aliphatic rings. The lowest BCUT2D eigenvalue weighted by Crippen LogP contribution is -2.53. The van der Waals surface area contributed by atoms with Crippen molar-refractivity contribution in [2.24, 2.45) is 10.2 Å². The Morgan fingerprint density at radius 2 is 1.82 bits per heavy atom. The van der Waals surface area contributed by atoms with Crippen LogP contribution in [-0.4, -0.2) is 33.4 Å². The Labute approximate surface area is 122 Å². The molecule has 0 saturated carbocycles. The number of rotatable bonds is 2. The first-order valence-electron chi connectivity index (χ1n) is 6.00. The van der Waals surface area contributed by atoms with E-state index in [2.05, 4.69) is 25.0 Å². The number of benzene rings is 1. The number of azide groups is 1. The summed E-state index contributed by atoms with van der Waals surface area (Å²) in [7, 11) is 1.21. The summed E-state index contributed by atoms with van der Waals surface area (Å²) >= 11 is 0. The number of nitrogens with zero attached hydrogens (tertiary/aromatic N) is 9. The average Bonchev–Trinajstić information content (AvgIpc) is 2.91. The van der Waals surface area contributed by atoms with Gasteiger partial charge in [-0.25, -0.2) is 14.3 Å². The molecular weight excluding hydrogens is 290 g/mol. The third-order valence-electron chi connectivity index (χ3n) is 3.33. The summed E-state index contributed by atoms with van der Waals surface area (Å²) in [6.07, 6.45) is 0. The van der Waals surface area contributed by atoms with Gasteiger partial charge in [-0.2, -0.15) is 0 Å². The second kappa shape index (κ2) is 4.48. The molecule has 0 bridgehead atoms. The van der Waals surface area contributed by atoms with Crippen molar-refractivity contribution < 1.29 is 9.59 Å². The van der Waals surface area contributed by atoms with Gasteiger partial charge in [-0.1, -0.05) is 22.4 Å². The molecule has 0 aliphatic carbocycles. The number of likely N-dealkylation sites (N-methyl/N-ethyl adjacent to an activating group) is 1. The SMILES string of the molecule is CN1C(=O)n2c(nc3ccccc32)C(N=[N+]=[N-])(N=[N+]=[N-])C1=O. The number of hydrogen-bond donors (Lipinski definition) is 0. The number of amides is 2. The zero-order chi connectivity index (χ0) is 15.9. The maximum Gasteiger partial charge on any atom is 0.336 e. The van der Waals surface area contributed by atoms with E-state index >= 15 is 0 Å². The highest BCUT2D eigenvalue weighted by Gasteiger charge is 2.52.